The van der Waals surface area contributed by atoms with Gasteiger partial charge in [0.25, 0.3) is 0 Å². The van der Waals surface area contributed by atoms with Gasteiger partial charge in [0, 0.05) is 6.20 Å². The summed E-state index contributed by atoms with van der Waals surface area (Å²) in [5, 5.41) is 0. The van der Waals surface area contributed by atoms with E-state index >= 15 is 0 Å². The number of aromatic nitrogens is 1. The summed E-state index contributed by atoms with van der Waals surface area (Å²) in [6.45, 7) is 5.13. The Morgan fingerprint density at radius 1 is 1.71 bits per heavy atom. The van der Waals surface area contributed by atoms with E-state index in [9.17, 15) is 0 Å². The Labute approximate surface area is 84.2 Å². The molecule has 0 amide bonds. The maximum Gasteiger partial charge on any atom is 0.233 e. The van der Waals surface area contributed by atoms with Crippen LogP contribution in [0.2, 0.25) is 0 Å². The smallest absolute Gasteiger partial charge is 0.233 e. The van der Waals surface area contributed by atoms with Gasteiger partial charge in [-0.05, 0) is 18.1 Å². The summed E-state index contributed by atoms with van der Waals surface area (Å²) in [6, 6.07) is 4.27. The zero-order valence-electron chi connectivity index (χ0n) is 8.66. The van der Waals surface area contributed by atoms with Crippen LogP contribution in [-0.4, -0.2) is 23.5 Å². The van der Waals surface area contributed by atoms with Crippen LogP contribution in [-0.2, 0) is 4.74 Å². The highest BCUT2D eigenvalue weighted by molar-refractivity contribution is 5.93. The van der Waals surface area contributed by atoms with E-state index < -0.39 is 0 Å². The lowest BCUT2D eigenvalue weighted by molar-refractivity contribution is 0.282. The highest BCUT2D eigenvalue weighted by atomic mass is 16.5. The third-order valence-electron chi connectivity index (χ3n) is 2.80. The molecule has 1 N–H and O–H groups in total. The molecular formula is C11H16N2O. The molecule has 2 heterocycles. The van der Waals surface area contributed by atoms with E-state index in [1.807, 2.05) is 18.3 Å². The van der Waals surface area contributed by atoms with Crippen LogP contribution in [0.5, 0.6) is 0 Å². The van der Waals surface area contributed by atoms with Gasteiger partial charge in [-0.3, -0.25) is 0 Å². The molecule has 1 aliphatic heterocycles. The van der Waals surface area contributed by atoms with E-state index in [-0.39, 0.29) is 0 Å². The fraction of sp³-hybridized carbons (Fsp3) is 0.545. The van der Waals surface area contributed by atoms with Crippen molar-refractivity contribution in [3.05, 3.63) is 24.0 Å². The van der Waals surface area contributed by atoms with Crippen molar-refractivity contribution in [2.24, 2.45) is 10.9 Å². The van der Waals surface area contributed by atoms with E-state index in [4.69, 9.17) is 4.74 Å². The average Bonchev–Trinajstić information content (AvgIpc) is 2.86. The lowest BCUT2D eigenvalue weighted by atomic mass is 10.0. The summed E-state index contributed by atoms with van der Waals surface area (Å²) in [5.74, 6) is 1.36. The number of nitrogens with one attached hydrogen (secondary N) is 1. The molecule has 0 saturated heterocycles. The van der Waals surface area contributed by atoms with Crippen molar-refractivity contribution in [3.63, 3.8) is 0 Å². The molecule has 76 valence electrons. The Morgan fingerprint density at radius 2 is 2.57 bits per heavy atom. The van der Waals surface area contributed by atoms with Gasteiger partial charge in [-0.25, -0.2) is 4.99 Å². The lowest BCUT2D eigenvalue weighted by Crippen LogP contribution is -2.16. The molecule has 0 aliphatic carbocycles. The quantitative estimate of drug-likeness (QED) is 0.783. The minimum absolute atomic E-state index is 0.332. The number of ether oxygens (including phenoxy) is 1. The van der Waals surface area contributed by atoms with Crippen LogP contribution in [0.15, 0.2) is 23.3 Å². The number of hydrogen-bond donors (Lipinski definition) is 1. The zero-order valence-corrected chi connectivity index (χ0v) is 8.66. The van der Waals surface area contributed by atoms with Crippen LogP contribution in [0, 0.1) is 5.92 Å². The monoisotopic (exact) mass is 192 g/mol. The van der Waals surface area contributed by atoms with Gasteiger partial charge < -0.3 is 9.72 Å². The first-order chi connectivity index (χ1) is 6.81. The highest BCUT2D eigenvalue weighted by Crippen LogP contribution is 2.19. The third kappa shape index (κ3) is 1.67. The van der Waals surface area contributed by atoms with Crippen LogP contribution in [0.25, 0.3) is 0 Å². The number of nitrogens with zero attached hydrogens (tertiary/aromatic N) is 1. The maximum absolute atomic E-state index is 5.55. The molecule has 0 fully saturated rings. The van der Waals surface area contributed by atoms with Crippen molar-refractivity contribution < 1.29 is 4.74 Å². The second-order valence-corrected chi connectivity index (χ2v) is 3.78. The molecule has 1 aromatic heterocycles. The molecule has 3 heteroatoms. The minimum atomic E-state index is 0.332. The predicted molar refractivity (Wildman–Crippen MR) is 56.5 cm³/mol. The van der Waals surface area contributed by atoms with Gasteiger partial charge in [-0.2, -0.15) is 0 Å². The Hall–Kier alpha value is -1.25. The molecule has 0 aromatic carbocycles. The molecule has 2 unspecified atom stereocenters. The average molecular weight is 192 g/mol. The SMILES string of the molecule is CCC(C)C1COC(c2ccc[nH]2)=N1. The fourth-order valence-electron chi connectivity index (χ4n) is 1.56. The second-order valence-electron chi connectivity index (χ2n) is 3.78. The van der Waals surface area contributed by atoms with Crippen molar-refractivity contribution >= 4 is 5.90 Å². The van der Waals surface area contributed by atoms with E-state index in [1.165, 1.54) is 0 Å². The zero-order chi connectivity index (χ0) is 9.97. The maximum atomic E-state index is 5.55. The Morgan fingerprint density at radius 3 is 3.21 bits per heavy atom. The molecule has 2 atom stereocenters. The normalized spacial score (nSPS) is 23.0. The van der Waals surface area contributed by atoms with Gasteiger partial charge in [-0.1, -0.05) is 20.3 Å². The number of aromatic amines is 1. The standard InChI is InChI=1S/C11H16N2O/c1-3-8(2)10-7-14-11(13-10)9-5-4-6-12-9/h4-6,8,10,12H,3,7H2,1-2H3. The van der Waals surface area contributed by atoms with Crippen LogP contribution in [0.3, 0.4) is 0 Å². The Bertz CT molecular complexity index is 316. The molecule has 3 nitrogen and oxygen atoms in total. The molecule has 14 heavy (non-hydrogen) atoms. The molecule has 0 saturated carbocycles. The van der Waals surface area contributed by atoms with E-state index in [0.717, 1.165) is 24.6 Å². The van der Waals surface area contributed by atoms with Gasteiger partial charge in [0.1, 0.15) is 12.3 Å². The number of H-pyrrole nitrogens is 1. The van der Waals surface area contributed by atoms with Crippen molar-refractivity contribution in [3.8, 4) is 0 Å². The summed E-state index contributed by atoms with van der Waals surface area (Å²) < 4.78 is 5.55. The number of rotatable bonds is 3. The number of hydrogen-bond acceptors (Lipinski definition) is 2. The van der Waals surface area contributed by atoms with Crippen molar-refractivity contribution in [1.82, 2.24) is 4.98 Å². The predicted octanol–water partition coefficient (Wildman–Crippen LogP) is 2.21. The first kappa shape index (κ1) is 9.31. The molecule has 1 aliphatic rings. The molecule has 0 radical (unpaired) electrons. The van der Waals surface area contributed by atoms with Gasteiger partial charge in [0.15, 0.2) is 0 Å². The van der Waals surface area contributed by atoms with Crippen LogP contribution in [0.1, 0.15) is 26.0 Å². The third-order valence-corrected chi connectivity index (χ3v) is 2.80. The highest BCUT2D eigenvalue weighted by Gasteiger charge is 2.24. The van der Waals surface area contributed by atoms with Gasteiger partial charge >= 0.3 is 0 Å². The molecule has 1 aromatic rings. The summed E-state index contributed by atoms with van der Waals surface area (Å²) in [4.78, 5) is 7.67. The lowest BCUT2D eigenvalue weighted by Gasteiger charge is -2.11. The summed E-state index contributed by atoms with van der Waals surface area (Å²) in [6.07, 6.45) is 3.04. The van der Waals surface area contributed by atoms with Gasteiger partial charge in [0.05, 0.1) is 6.04 Å². The van der Waals surface area contributed by atoms with Gasteiger partial charge in [-0.15, -0.1) is 0 Å². The molecular weight excluding hydrogens is 176 g/mol. The van der Waals surface area contributed by atoms with Crippen molar-refractivity contribution in [2.75, 3.05) is 6.61 Å². The van der Waals surface area contributed by atoms with Crippen molar-refractivity contribution in [1.29, 1.82) is 0 Å². The van der Waals surface area contributed by atoms with Crippen molar-refractivity contribution in [2.45, 2.75) is 26.3 Å². The van der Waals surface area contributed by atoms with E-state index in [0.29, 0.717) is 12.0 Å². The topological polar surface area (TPSA) is 37.4 Å². The molecule has 0 bridgehead atoms. The van der Waals surface area contributed by atoms with Crippen LogP contribution < -0.4 is 0 Å². The first-order valence-electron chi connectivity index (χ1n) is 5.15. The first-order valence-corrected chi connectivity index (χ1v) is 5.15. The Kier molecular flexibility index (Phi) is 2.57. The second kappa shape index (κ2) is 3.86. The summed E-state index contributed by atoms with van der Waals surface area (Å²) >= 11 is 0. The Balaban J connectivity index is 2.10. The summed E-state index contributed by atoms with van der Waals surface area (Å²) in [7, 11) is 0. The van der Waals surface area contributed by atoms with E-state index in [1.54, 1.807) is 0 Å². The minimum Gasteiger partial charge on any atom is -0.474 e. The fourth-order valence-corrected chi connectivity index (χ4v) is 1.56. The van der Waals surface area contributed by atoms with E-state index in [2.05, 4.69) is 23.8 Å². The largest absolute Gasteiger partial charge is 0.474 e. The van der Waals surface area contributed by atoms with Crippen LogP contribution in [0.4, 0.5) is 0 Å². The summed E-state index contributed by atoms with van der Waals surface area (Å²) in [5.41, 5.74) is 0.982. The van der Waals surface area contributed by atoms with Gasteiger partial charge in [0.2, 0.25) is 5.90 Å². The molecule has 2 rings (SSSR count). The molecule has 0 spiro atoms. The number of aliphatic imine (C=N–C) groups is 1. The van der Waals surface area contributed by atoms with Crippen LogP contribution >= 0.6 is 0 Å².